The molecule has 0 aliphatic carbocycles. The molecule has 4 rings (SSSR count). The van der Waals surface area contributed by atoms with E-state index in [4.69, 9.17) is 15.2 Å². The summed E-state index contributed by atoms with van der Waals surface area (Å²) in [6.45, 7) is 5.28. The average Bonchev–Trinajstić information content (AvgIpc) is 3.29. The van der Waals surface area contributed by atoms with E-state index in [1.807, 2.05) is 0 Å². The van der Waals surface area contributed by atoms with Crippen molar-refractivity contribution < 1.29 is 18.7 Å². The number of benzene rings is 1. The molecule has 0 radical (unpaired) electrons. The molecule has 0 aliphatic rings. The number of hydrogen-bond donors (Lipinski definition) is 1. The number of nitrogen functional groups attached to an aromatic ring is 1. The summed E-state index contributed by atoms with van der Waals surface area (Å²) in [5.74, 6) is -0.350. The molecule has 0 spiro atoms. The highest BCUT2D eigenvalue weighted by atomic mass is 19.1. The smallest absolute Gasteiger partial charge is 0.435 e. The first-order valence-corrected chi connectivity index (χ1v) is 9.81. The van der Waals surface area contributed by atoms with E-state index in [0.29, 0.717) is 27.7 Å². The third-order valence-electron chi connectivity index (χ3n) is 4.70. The van der Waals surface area contributed by atoms with Crippen LogP contribution in [0.15, 0.2) is 36.9 Å². The maximum atomic E-state index is 15.1. The van der Waals surface area contributed by atoms with E-state index in [9.17, 15) is 4.79 Å². The number of ether oxygens (including phenoxy) is 2. The van der Waals surface area contributed by atoms with Crippen molar-refractivity contribution >= 4 is 22.7 Å². The second kappa shape index (κ2) is 7.63. The molecule has 9 nitrogen and oxygen atoms in total. The van der Waals surface area contributed by atoms with Crippen LogP contribution in [0.3, 0.4) is 0 Å². The third kappa shape index (κ3) is 3.75. The molecule has 166 valence electrons. The van der Waals surface area contributed by atoms with Crippen LogP contribution < -0.4 is 10.5 Å². The fraction of sp³-hybridized carbons (Fsp3) is 0.273. The minimum atomic E-state index is -0.735. The zero-order valence-corrected chi connectivity index (χ0v) is 18.4. The topological polar surface area (TPSA) is 110 Å². The highest BCUT2D eigenvalue weighted by molar-refractivity contribution is 6.06. The summed E-state index contributed by atoms with van der Waals surface area (Å²) < 4.78 is 28.8. The Kier molecular flexibility index (Phi) is 5.08. The largest absolute Gasteiger partial charge is 0.496 e. The number of nitrogens with zero attached hydrogens (tertiary/aromatic N) is 5. The summed E-state index contributed by atoms with van der Waals surface area (Å²) in [6, 6.07) is 2.73. The summed E-state index contributed by atoms with van der Waals surface area (Å²) >= 11 is 0. The molecule has 1 aromatic carbocycles. The second-order valence-corrected chi connectivity index (χ2v) is 8.30. The van der Waals surface area contributed by atoms with Crippen LogP contribution in [0.5, 0.6) is 5.75 Å². The summed E-state index contributed by atoms with van der Waals surface area (Å²) in [7, 11) is 3.19. The lowest BCUT2D eigenvalue weighted by Gasteiger charge is -2.19. The Bertz CT molecular complexity index is 1340. The van der Waals surface area contributed by atoms with Crippen LogP contribution in [0.4, 0.5) is 14.9 Å². The molecule has 0 saturated carbocycles. The van der Waals surface area contributed by atoms with Crippen molar-refractivity contribution in [1.29, 1.82) is 0 Å². The van der Waals surface area contributed by atoms with Crippen LogP contribution in [0.1, 0.15) is 20.8 Å². The Morgan fingerprint density at radius 2 is 1.94 bits per heavy atom. The average molecular weight is 438 g/mol. The van der Waals surface area contributed by atoms with Gasteiger partial charge in [0.1, 0.15) is 28.4 Å². The predicted octanol–water partition coefficient (Wildman–Crippen LogP) is 4.01. The Hall–Kier alpha value is -3.95. The molecule has 0 amide bonds. The van der Waals surface area contributed by atoms with Crippen LogP contribution in [-0.2, 0) is 11.8 Å². The van der Waals surface area contributed by atoms with Gasteiger partial charge in [-0.15, -0.1) is 0 Å². The number of nitrogens with two attached hydrogens (primary N) is 1. The van der Waals surface area contributed by atoms with Crippen molar-refractivity contribution in [2.45, 2.75) is 26.4 Å². The van der Waals surface area contributed by atoms with Crippen LogP contribution in [0, 0.1) is 5.82 Å². The highest BCUT2D eigenvalue weighted by Gasteiger charge is 2.27. The number of anilines is 1. The van der Waals surface area contributed by atoms with E-state index in [1.165, 1.54) is 31.6 Å². The molecule has 0 unspecified atom stereocenters. The van der Waals surface area contributed by atoms with Gasteiger partial charge in [-0.2, -0.15) is 14.9 Å². The van der Waals surface area contributed by atoms with E-state index in [0.717, 1.165) is 4.68 Å². The van der Waals surface area contributed by atoms with Crippen LogP contribution in [0.2, 0.25) is 0 Å². The quantitative estimate of drug-likeness (QED) is 0.481. The van der Waals surface area contributed by atoms with Crippen molar-refractivity contribution in [1.82, 2.24) is 24.5 Å². The lowest BCUT2D eigenvalue weighted by atomic mass is 9.99. The Morgan fingerprint density at radius 1 is 1.19 bits per heavy atom. The van der Waals surface area contributed by atoms with E-state index >= 15 is 4.39 Å². The summed E-state index contributed by atoms with van der Waals surface area (Å²) in [4.78, 5) is 17.2. The van der Waals surface area contributed by atoms with E-state index in [-0.39, 0.29) is 17.0 Å². The highest BCUT2D eigenvalue weighted by Crippen LogP contribution is 2.41. The molecule has 3 aromatic heterocycles. The number of aryl methyl sites for hydroxylation is 1. The van der Waals surface area contributed by atoms with Gasteiger partial charge in [0.05, 0.1) is 25.1 Å². The molecule has 4 aromatic rings. The molecule has 10 heteroatoms. The summed E-state index contributed by atoms with van der Waals surface area (Å²) in [5.41, 5.74) is 7.26. The van der Waals surface area contributed by atoms with Crippen molar-refractivity contribution in [3.63, 3.8) is 0 Å². The van der Waals surface area contributed by atoms with Crippen molar-refractivity contribution in [2.75, 3.05) is 12.8 Å². The number of rotatable bonds is 3. The maximum absolute atomic E-state index is 15.1. The fourth-order valence-corrected chi connectivity index (χ4v) is 3.47. The molecule has 3 heterocycles. The van der Waals surface area contributed by atoms with Gasteiger partial charge in [0.15, 0.2) is 0 Å². The maximum Gasteiger partial charge on any atom is 0.435 e. The van der Waals surface area contributed by atoms with Crippen LogP contribution >= 0.6 is 0 Å². The number of pyridine rings is 1. The lowest BCUT2D eigenvalue weighted by molar-refractivity contribution is 0.0523. The minimum absolute atomic E-state index is 0.161. The van der Waals surface area contributed by atoms with Gasteiger partial charge in [-0.05, 0) is 26.8 Å². The zero-order chi connectivity index (χ0) is 23.2. The van der Waals surface area contributed by atoms with E-state index < -0.39 is 17.5 Å². The summed E-state index contributed by atoms with van der Waals surface area (Å²) in [6.07, 6.45) is 5.67. The first-order chi connectivity index (χ1) is 15.1. The molecular formula is C22H23FN6O3. The third-order valence-corrected chi connectivity index (χ3v) is 4.70. The number of carbonyl (C=O) groups excluding carboxylic acids is 1. The van der Waals surface area contributed by atoms with Crippen LogP contribution in [0.25, 0.3) is 33.3 Å². The molecular weight excluding hydrogens is 415 g/mol. The number of hydrogen-bond acceptors (Lipinski definition) is 7. The normalized spacial score (nSPS) is 11.7. The van der Waals surface area contributed by atoms with Gasteiger partial charge in [0.2, 0.25) is 0 Å². The molecule has 0 saturated heterocycles. The Morgan fingerprint density at radius 3 is 2.56 bits per heavy atom. The van der Waals surface area contributed by atoms with Crippen LogP contribution in [-0.4, -0.2) is 43.3 Å². The lowest BCUT2D eigenvalue weighted by Crippen LogP contribution is -2.27. The zero-order valence-electron chi connectivity index (χ0n) is 18.4. The molecule has 0 atom stereocenters. The Balaban J connectivity index is 2.06. The van der Waals surface area contributed by atoms with Crippen molar-refractivity contribution in [3.8, 4) is 28.1 Å². The molecule has 0 aliphatic heterocycles. The van der Waals surface area contributed by atoms with Gasteiger partial charge < -0.3 is 15.2 Å². The number of methoxy groups -OCH3 is 1. The van der Waals surface area contributed by atoms with E-state index in [1.54, 1.807) is 44.9 Å². The van der Waals surface area contributed by atoms with Gasteiger partial charge in [0.25, 0.3) is 0 Å². The molecule has 2 N–H and O–H groups in total. The summed E-state index contributed by atoms with van der Waals surface area (Å²) in [5, 5.41) is 9.21. The van der Waals surface area contributed by atoms with Gasteiger partial charge in [0, 0.05) is 47.7 Å². The molecule has 32 heavy (non-hydrogen) atoms. The standard InChI is InChI=1S/C22H23FN6O3/c1-22(2,3)32-21(30)29-16-10-25-9-14(18-15(23)6-13(24)7-17(18)31-5)19(16)20(27-29)12-8-26-28(4)11-12/h6-11H,24H2,1-5H3. The van der Waals surface area contributed by atoms with Crippen molar-refractivity contribution in [3.05, 3.63) is 42.7 Å². The minimum Gasteiger partial charge on any atom is -0.496 e. The van der Waals surface area contributed by atoms with Gasteiger partial charge in [-0.1, -0.05) is 0 Å². The number of fused-ring (bicyclic) bond motifs is 1. The predicted molar refractivity (Wildman–Crippen MR) is 118 cm³/mol. The first kappa shape index (κ1) is 21.3. The van der Waals surface area contributed by atoms with E-state index in [2.05, 4.69) is 15.2 Å². The monoisotopic (exact) mass is 438 g/mol. The fourth-order valence-electron chi connectivity index (χ4n) is 3.47. The number of aromatic nitrogens is 5. The Labute approximate surface area is 183 Å². The van der Waals surface area contributed by atoms with Gasteiger partial charge in [-0.25, -0.2) is 9.18 Å². The first-order valence-electron chi connectivity index (χ1n) is 9.81. The number of carbonyl (C=O) groups is 1. The van der Waals surface area contributed by atoms with Gasteiger partial charge >= 0.3 is 6.09 Å². The number of halogens is 1. The molecule has 0 bridgehead atoms. The van der Waals surface area contributed by atoms with Crippen molar-refractivity contribution in [2.24, 2.45) is 7.05 Å². The molecule has 0 fully saturated rings. The SMILES string of the molecule is COc1cc(N)cc(F)c1-c1cncc2c1c(-c1cnn(C)c1)nn2C(=O)OC(C)(C)C. The van der Waals surface area contributed by atoms with Gasteiger partial charge in [-0.3, -0.25) is 9.67 Å². The second-order valence-electron chi connectivity index (χ2n) is 8.30.